The van der Waals surface area contributed by atoms with Crippen LogP contribution in [0.25, 0.3) is 0 Å². The van der Waals surface area contributed by atoms with E-state index >= 15 is 0 Å². The molecule has 0 aromatic heterocycles. The van der Waals surface area contributed by atoms with Crippen molar-refractivity contribution in [3.05, 3.63) is 24.5 Å². The Kier molecular flexibility index (Phi) is 32.5. The lowest BCUT2D eigenvalue weighted by Gasteiger charge is -2.41. The number of carbonyl (C=O) groups excluding carboxylic acids is 1. The SMILES string of the molecule is CCCCCC/C=C\CCCCCCCC(=O)O[C@H](CO/C=C\CCCCCCCCCCCCCCCC)COP(=O)(O)OC1C(O)C(O)C(O)[C@@H](O)C1O. The van der Waals surface area contributed by atoms with Crippen LogP contribution in [0, 0.1) is 0 Å². The first kappa shape index (κ1) is 52.7. The van der Waals surface area contributed by atoms with Crippen LogP contribution < -0.4 is 0 Å². The molecule has 0 aliphatic heterocycles. The van der Waals surface area contributed by atoms with Crippen molar-refractivity contribution in [1.29, 1.82) is 0 Å². The molecule has 0 amide bonds. The summed E-state index contributed by atoms with van der Waals surface area (Å²) in [4.78, 5) is 23.1. The van der Waals surface area contributed by atoms with Crippen LogP contribution in [0.5, 0.6) is 0 Å². The largest absolute Gasteiger partial charge is 0.498 e. The molecule has 1 aliphatic carbocycles. The van der Waals surface area contributed by atoms with Gasteiger partial charge in [0.05, 0.1) is 12.9 Å². The second-order valence-corrected chi connectivity index (χ2v) is 17.0. The van der Waals surface area contributed by atoms with E-state index in [0.717, 1.165) is 57.8 Å². The summed E-state index contributed by atoms with van der Waals surface area (Å²) >= 11 is 0. The van der Waals surface area contributed by atoms with E-state index in [9.17, 15) is 39.8 Å². The minimum absolute atomic E-state index is 0.161. The molecule has 0 aromatic carbocycles. The van der Waals surface area contributed by atoms with Crippen LogP contribution in [0.3, 0.4) is 0 Å². The molecule has 13 heteroatoms. The fraction of sp³-hybridized carbons (Fsp3) is 0.884. The van der Waals surface area contributed by atoms with Crippen molar-refractivity contribution in [2.45, 2.75) is 230 Å². The molecule has 0 aromatic rings. The van der Waals surface area contributed by atoms with E-state index < -0.39 is 63.1 Å². The van der Waals surface area contributed by atoms with Gasteiger partial charge in [0.25, 0.3) is 0 Å². The van der Waals surface area contributed by atoms with Gasteiger partial charge in [0.2, 0.25) is 0 Å². The Morgan fingerprint density at radius 1 is 0.554 bits per heavy atom. The molecular formula is C43H81O12P. The average Bonchev–Trinajstić information content (AvgIpc) is 3.18. The molecule has 0 heterocycles. The topological polar surface area (TPSA) is 192 Å². The van der Waals surface area contributed by atoms with E-state index in [1.165, 1.54) is 109 Å². The summed E-state index contributed by atoms with van der Waals surface area (Å²) in [6.45, 7) is 3.70. The number of aliphatic hydroxyl groups is 5. The van der Waals surface area contributed by atoms with Crippen LogP contribution in [-0.2, 0) is 27.9 Å². The predicted molar refractivity (Wildman–Crippen MR) is 221 cm³/mol. The lowest BCUT2D eigenvalue weighted by Crippen LogP contribution is -2.64. The van der Waals surface area contributed by atoms with Crippen molar-refractivity contribution in [3.8, 4) is 0 Å². The molecule has 6 N–H and O–H groups in total. The van der Waals surface area contributed by atoms with Gasteiger partial charge in [-0.2, -0.15) is 0 Å². The maximum atomic E-state index is 12.8. The third-order valence-corrected chi connectivity index (χ3v) is 11.4. The van der Waals surface area contributed by atoms with Crippen molar-refractivity contribution < 1.29 is 58.3 Å². The summed E-state index contributed by atoms with van der Waals surface area (Å²) in [6.07, 6.45) is 26.2. The summed E-state index contributed by atoms with van der Waals surface area (Å²) in [5.74, 6) is -0.508. The van der Waals surface area contributed by atoms with Gasteiger partial charge in [0, 0.05) is 6.42 Å². The number of phosphoric acid groups is 1. The van der Waals surface area contributed by atoms with Gasteiger partial charge < -0.3 is 39.9 Å². The zero-order valence-corrected chi connectivity index (χ0v) is 35.8. The van der Waals surface area contributed by atoms with Gasteiger partial charge in [-0.25, -0.2) is 4.57 Å². The summed E-state index contributed by atoms with van der Waals surface area (Å²) < 4.78 is 33.9. The van der Waals surface area contributed by atoms with Crippen LogP contribution in [-0.4, -0.2) is 92.3 Å². The molecule has 1 saturated carbocycles. The average molecular weight is 821 g/mol. The van der Waals surface area contributed by atoms with Crippen molar-refractivity contribution in [2.24, 2.45) is 0 Å². The number of hydrogen-bond acceptors (Lipinski definition) is 11. The first-order chi connectivity index (χ1) is 27.0. The van der Waals surface area contributed by atoms with E-state index in [1.807, 2.05) is 6.08 Å². The zero-order valence-electron chi connectivity index (χ0n) is 34.9. The number of rotatable bonds is 37. The van der Waals surface area contributed by atoms with Crippen LogP contribution >= 0.6 is 7.82 Å². The molecule has 1 aliphatic rings. The number of carbonyl (C=O) groups is 1. The molecule has 6 unspecified atom stereocenters. The Morgan fingerprint density at radius 2 is 0.946 bits per heavy atom. The predicted octanol–water partition coefficient (Wildman–Crippen LogP) is 8.88. The van der Waals surface area contributed by atoms with Crippen LogP contribution in [0.2, 0.25) is 0 Å². The van der Waals surface area contributed by atoms with E-state index in [-0.39, 0.29) is 13.0 Å². The number of ether oxygens (including phenoxy) is 2. The molecule has 0 radical (unpaired) electrons. The Balaban J connectivity index is 2.44. The lowest BCUT2D eigenvalue weighted by molar-refractivity contribution is -0.220. The number of hydrogen-bond donors (Lipinski definition) is 6. The standard InChI is InChI=1S/C43H81O12P/c1-3-5-7-9-11-13-15-17-18-19-21-23-25-27-29-31-33-52-34-36(35-53-56(50,51)55-43-41(48)39(46)38(45)40(47)42(43)49)54-37(44)32-30-28-26-24-22-20-16-14-12-10-8-6-4-2/h14,16,31,33,36,38-43,45-49H,3-13,15,17-30,32,34-35H2,1-2H3,(H,50,51)/b16-14-,33-31-/t36-,38?,39-,40?,41?,42?,43?/m1/s1. The highest BCUT2D eigenvalue weighted by Gasteiger charge is 2.51. The van der Waals surface area contributed by atoms with Gasteiger partial charge in [0.1, 0.15) is 43.2 Å². The monoisotopic (exact) mass is 821 g/mol. The van der Waals surface area contributed by atoms with Crippen LogP contribution in [0.4, 0.5) is 0 Å². The maximum absolute atomic E-state index is 12.8. The van der Waals surface area contributed by atoms with Crippen molar-refractivity contribution >= 4 is 13.8 Å². The highest BCUT2D eigenvalue weighted by molar-refractivity contribution is 7.47. The van der Waals surface area contributed by atoms with Crippen molar-refractivity contribution in [1.82, 2.24) is 0 Å². The van der Waals surface area contributed by atoms with Crippen LogP contribution in [0.15, 0.2) is 24.5 Å². The lowest BCUT2D eigenvalue weighted by atomic mass is 9.85. The molecule has 1 fully saturated rings. The number of aliphatic hydroxyl groups excluding tert-OH is 5. The number of unbranched alkanes of at least 4 members (excludes halogenated alkanes) is 23. The highest BCUT2D eigenvalue weighted by atomic mass is 31.2. The normalized spacial score (nSPS) is 23.1. The Bertz CT molecular complexity index is 1030. The Labute approximate surface area is 339 Å². The minimum Gasteiger partial charge on any atom is -0.498 e. The smallest absolute Gasteiger partial charge is 0.472 e. The summed E-state index contributed by atoms with van der Waals surface area (Å²) in [6, 6.07) is 0. The summed E-state index contributed by atoms with van der Waals surface area (Å²) in [5, 5.41) is 50.1. The number of allylic oxidation sites excluding steroid dienone is 3. The van der Waals surface area contributed by atoms with E-state index in [0.29, 0.717) is 6.42 Å². The van der Waals surface area contributed by atoms with E-state index in [2.05, 4.69) is 26.0 Å². The molecule has 330 valence electrons. The summed E-state index contributed by atoms with van der Waals surface area (Å²) in [5.41, 5.74) is 0. The van der Waals surface area contributed by atoms with E-state index in [1.54, 1.807) is 0 Å². The Morgan fingerprint density at radius 3 is 1.43 bits per heavy atom. The zero-order chi connectivity index (χ0) is 41.3. The minimum atomic E-state index is -5.03. The fourth-order valence-corrected chi connectivity index (χ4v) is 7.76. The van der Waals surface area contributed by atoms with Gasteiger partial charge >= 0.3 is 13.8 Å². The van der Waals surface area contributed by atoms with Gasteiger partial charge in [-0.15, -0.1) is 0 Å². The Hall–Kier alpha value is -1.34. The molecule has 1 rings (SSSR count). The van der Waals surface area contributed by atoms with Crippen LogP contribution in [0.1, 0.15) is 187 Å². The molecular weight excluding hydrogens is 739 g/mol. The molecule has 8 atom stereocenters. The van der Waals surface area contributed by atoms with Gasteiger partial charge in [-0.1, -0.05) is 148 Å². The van der Waals surface area contributed by atoms with E-state index in [4.69, 9.17) is 18.5 Å². The van der Waals surface area contributed by atoms with Gasteiger partial charge in [-0.05, 0) is 51.0 Å². The summed E-state index contributed by atoms with van der Waals surface area (Å²) in [7, 11) is -5.03. The first-order valence-electron chi connectivity index (χ1n) is 22.2. The molecule has 0 saturated heterocycles. The fourth-order valence-electron chi connectivity index (χ4n) is 6.79. The molecule has 0 bridgehead atoms. The van der Waals surface area contributed by atoms with Crippen molar-refractivity contribution in [2.75, 3.05) is 13.2 Å². The third-order valence-electron chi connectivity index (χ3n) is 10.4. The second kappa shape index (κ2) is 34.5. The van der Waals surface area contributed by atoms with Gasteiger partial charge in [-0.3, -0.25) is 13.8 Å². The number of esters is 1. The van der Waals surface area contributed by atoms with Crippen molar-refractivity contribution in [3.63, 3.8) is 0 Å². The van der Waals surface area contributed by atoms with Gasteiger partial charge in [0.15, 0.2) is 6.10 Å². The molecule has 12 nitrogen and oxygen atoms in total. The maximum Gasteiger partial charge on any atom is 0.472 e. The number of phosphoric ester groups is 1. The first-order valence-corrected chi connectivity index (χ1v) is 23.7. The molecule has 56 heavy (non-hydrogen) atoms. The third kappa shape index (κ3) is 26.6. The highest BCUT2D eigenvalue weighted by Crippen LogP contribution is 2.47. The second-order valence-electron chi connectivity index (χ2n) is 15.6. The molecule has 0 spiro atoms. The quantitative estimate of drug-likeness (QED) is 0.0115.